The zero-order valence-corrected chi connectivity index (χ0v) is 33.1. The average molecular weight is 697 g/mol. The molecule has 0 aliphatic rings. The number of aromatic nitrogens is 1. The van der Waals surface area contributed by atoms with Gasteiger partial charge in [-0.2, -0.15) is 0 Å². The van der Waals surface area contributed by atoms with Crippen LogP contribution in [-0.4, -0.2) is 22.0 Å². The van der Waals surface area contributed by atoms with E-state index in [1.54, 1.807) is 43.6 Å². The SMILES string of the molecule is CC(/C=C/c1c(C)cc(C)c(C)c1C)=C\C=C\C(C)=C\C(=O)Nc1ccncc1.CC(/C=C/c1c(C)cc(C)c(C)c1C)=C\C=C\C(C)=C\C(=O)O. The molecule has 0 fully saturated rings. The van der Waals surface area contributed by atoms with Crippen LogP contribution in [0.4, 0.5) is 5.69 Å². The zero-order valence-electron chi connectivity index (χ0n) is 33.1. The molecule has 2 aromatic carbocycles. The van der Waals surface area contributed by atoms with Gasteiger partial charge in [0.25, 0.3) is 0 Å². The summed E-state index contributed by atoms with van der Waals surface area (Å²) in [7, 11) is 0. The lowest BCUT2D eigenvalue weighted by atomic mass is 9.94. The summed E-state index contributed by atoms with van der Waals surface area (Å²) in [6, 6.07) is 7.98. The van der Waals surface area contributed by atoms with E-state index >= 15 is 0 Å². The van der Waals surface area contributed by atoms with Gasteiger partial charge in [0, 0.05) is 30.2 Å². The summed E-state index contributed by atoms with van der Waals surface area (Å²) in [5.74, 6) is -1.08. The summed E-state index contributed by atoms with van der Waals surface area (Å²) in [5.41, 5.74) is 17.7. The number of hydrogen-bond acceptors (Lipinski definition) is 3. The van der Waals surface area contributed by atoms with E-state index in [2.05, 4.69) is 109 Å². The minimum atomic E-state index is -0.923. The number of carbonyl (C=O) groups is 2. The van der Waals surface area contributed by atoms with Gasteiger partial charge in [-0.15, -0.1) is 0 Å². The first-order chi connectivity index (χ1) is 24.5. The van der Waals surface area contributed by atoms with Gasteiger partial charge in [0.15, 0.2) is 0 Å². The van der Waals surface area contributed by atoms with Crippen molar-refractivity contribution in [1.82, 2.24) is 4.98 Å². The number of benzene rings is 2. The van der Waals surface area contributed by atoms with E-state index in [1.807, 2.05) is 44.2 Å². The van der Waals surface area contributed by atoms with Gasteiger partial charge in [0.2, 0.25) is 5.91 Å². The molecule has 52 heavy (non-hydrogen) atoms. The molecule has 0 radical (unpaired) electrons. The second kappa shape index (κ2) is 21.0. The van der Waals surface area contributed by atoms with Gasteiger partial charge < -0.3 is 10.4 Å². The number of nitrogens with zero attached hydrogens (tertiary/aromatic N) is 1. The van der Waals surface area contributed by atoms with Crippen LogP contribution < -0.4 is 5.32 Å². The predicted molar refractivity (Wildman–Crippen MR) is 223 cm³/mol. The molecule has 2 N–H and O–H groups in total. The molecule has 272 valence electrons. The molecule has 0 aliphatic heterocycles. The molecule has 5 heteroatoms. The first-order valence-electron chi connectivity index (χ1n) is 17.5. The van der Waals surface area contributed by atoms with Crippen molar-refractivity contribution in [3.05, 3.63) is 175 Å². The number of nitrogens with one attached hydrogen (secondary N) is 1. The lowest BCUT2D eigenvalue weighted by Crippen LogP contribution is -2.08. The Kier molecular flexibility index (Phi) is 17.2. The molecule has 0 bridgehead atoms. The minimum absolute atomic E-state index is 0.153. The van der Waals surface area contributed by atoms with Crippen LogP contribution in [0.15, 0.2) is 120 Å². The number of allylic oxidation sites excluding steroid dienone is 12. The number of rotatable bonds is 11. The van der Waals surface area contributed by atoms with Crippen LogP contribution in [-0.2, 0) is 9.59 Å². The molecular formula is C47H56N2O3. The van der Waals surface area contributed by atoms with Gasteiger partial charge in [-0.25, -0.2) is 4.79 Å². The molecule has 3 aromatic rings. The number of anilines is 1. The van der Waals surface area contributed by atoms with Crippen molar-refractivity contribution in [3.8, 4) is 0 Å². The maximum atomic E-state index is 12.0. The number of pyridine rings is 1. The van der Waals surface area contributed by atoms with Gasteiger partial charge in [0.1, 0.15) is 0 Å². The first kappa shape index (κ1) is 42.6. The lowest BCUT2D eigenvalue weighted by Gasteiger charge is -2.12. The first-order valence-corrected chi connectivity index (χ1v) is 17.5. The average Bonchev–Trinajstić information content (AvgIpc) is 3.06. The number of hydrogen-bond donors (Lipinski definition) is 2. The Balaban J connectivity index is 0.000000371. The molecule has 1 amide bonds. The van der Waals surface area contributed by atoms with Gasteiger partial charge >= 0.3 is 5.97 Å². The summed E-state index contributed by atoms with van der Waals surface area (Å²) in [6.07, 6.45) is 26.2. The van der Waals surface area contributed by atoms with Crippen molar-refractivity contribution < 1.29 is 14.7 Å². The van der Waals surface area contributed by atoms with Gasteiger partial charge in [-0.05, 0) is 162 Å². The van der Waals surface area contributed by atoms with Gasteiger partial charge in [-0.1, -0.05) is 84.0 Å². The lowest BCUT2D eigenvalue weighted by molar-refractivity contribution is -0.131. The second-order valence-electron chi connectivity index (χ2n) is 13.4. The Morgan fingerprint density at radius 3 is 1.42 bits per heavy atom. The van der Waals surface area contributed by atoms with Crippen LogP contribution in [0.25, 0.3) is 12.2 Å². The highest BCUT2D eigenvalue weighted by atomic mass is 16.4. The van der Waals surface area contributed by atoms with Crippen molar-refractivity contribution in [1.29, 1.82) is 0 Å². The highest BCUT2D eigenvalue weighted by molar-refractivity contribution is 5.99. The fourth-order valence-corrected chi connectivity index (χ4v) is 5.48. The monoisotopic (exact) mass is 696 g/mol. The van der Waals surface area contributed by atoms with E-state index in [4.69, 9.17) is 5.11 Å². The normalized spacial score (nSPS) is 13.0. The number of carboxylic acids is 1. The highest BCUT2D eigenvalue weighted by Gasteiger charge is 2.06. The fraction of sp³-hybridized carbons (Fsp3) is 0.255. The molecule has 0 unspecified atom stereocenters. The summed E-state index contributed by atoms with van der Waals surface area (Å²) in [4.78, 5) is 26.5. The Morgan fingerprint density at radius 2 is 1.00 bits per heavy atom. The van der Waals surface area contributed by atoms with Crippen LogP contribution in [0.1, 0.15) is 83.3 Å². The number of carbonyl (C=O) groups excluding carboxylic acids is 1. The quantitative estimate of drug-likeness (QED) is 0.154. The molecule has 1 heterocycles. The Hall–Kier alpha value is -5.55. The Morgan fingerprint density at radius 1 is 0.577 bits per heavy atom. The third-order valence-electron chi connectivity index (χ3n) is 8.95. The molecular weight excluding hydrogens is 641 g/mol. The fourth-order valence-electron chi connectivity index (χ4n) is 5.48. The molecule has 5 nitrogen and oxygen atoms in total. The minimum Gasteiger partial charge on any atom is -0.478 e. The third kappa shape index (κ3) is 14.4. The van der Waals surface area contributed by atoms with Crippen molar-refractivity contribution >= 4 is 29.7 Å². The smallest absolute Gasteiger partial charge is 0.328 e. The van der Waals surface area contributed by atoms with E-state index < -0.39 is 5.97 Å². The summed E-state index contributed by atoms with van der Waals surface area (Å²) >= 11 is 0. The van der Waals surface area contributed by atoms with E-state index in [1.165, 1.54) is 61.7 Å². The van der Waals surface area contributed by atoms with Crippen LogP contribution in [0.2, 0.25) is 0 Å². The number of carboxylic acid groups (broad SMARTS) is 1. The Bertz CT molecular complexity index is 2000. The zero-order chi connectivity index (χ0) is 39.0. The van der Waals surface area contributed by atoms with Gasteiger partial charge in [0.05, 0.1) is 0 Å². The summed E-state index contributed by atoms with van der Waals surface area (Å²) in [5, 5.41) is 11.5. The molecule has 0 spiro atoms. The van der Waals surface area contributed by atoms with E-state index in [0.29, 0.717) is 5.57 Å². The van der Waals surface area contributed by atoms with Gasteiger partial charge in [-0.3, -0.25) is 9.78 Å². The number of amides is 1. The van der Waals surface area contributed by atoms with Crippen LogP contribution in [0.5, 0.6) is 0 Å². The topological polar surface area (TPSA) is 79.3 Å². The van der Waals surface area contributed by atoms with E-state index in [0.717, 1.165) is 22.4 Å². The predicted octanol–water partition coefficient (Wildman–Crippen LogP) is 11.9. The van der Waals surface area contributed by atoms with Crippen LogP contribution in [0, 0.1) is 55.4 Å². The van der Waals surface area contributed by atoms with Crippen molar-refractivity contribution in [2.24, 2.45) is 0 Å². The number of aliphatic carboxylic acids is 1. The van der Waals surface area contributed by atoms with Crippen molar-refractivity contribution in [2.45, 2.75) is 83.1 Å². The third-order valence-corrected chi connectivity index (χ3v) is 8.95. The summed E-state index contributed by atoms with van der Waals surface area (Å²) in [6.45, 7) is 25.0. The van der Waals surface area contributed by atoms with E-state index in [-0.39, 0.29) is 5.91 Å². The summed E-state index contributed by atoms with van der Waals surface area (Å²) < 4.78 is 0. The Labute approximate surface area is 312 Å². The van der Waals surface area contributed by atoms with Crippen LogP contribution in [0.3, 0.4) is 0 Å². The van der Waals surface area contributed by atoms with Crippen molar-refractivity contribution in [3.63, 3.8) is 0 Å². The molecule has 0 saturated heterocycles. The molecule has 1 aromatic heterocycles. The maximum Gasteiger partial charge on any atom is 0.328 e. The standard InChI is InChI=1S/C26H30N2O.C21H26O2/c1-18(10-11-25-21(4)17-20(3)22(5)23(25)6)8-7-9-19(2)16-26(29)28-24-12-14-27-15-13-24;1-14(8-7-9-15(2)12-21(22)23)10-11-20-17(4)13-16(3)18(5)19(20)6/h7-17H,1-6H3,(H,27,28,29);7-13H,1-6H3,(H,22,23)/b9-7+,11-10+,18-8+,19-16+;9-7+,11-10+,14-8+,15-12+. The molecule has 0 atom stereocenters. The second-order valence-corrected chi connectivity index (χ2v) is 13.4. The highest BCUT2D eigenvalue weighted by Crippen LogP contribution is 2.24. The molecule has 0 saturated carbocycles. The van der Waals surface area contributed by atoms with Crippen LogP contribution >= 0.6 is 0 Å². The molecule has 3 rings (SSSR count). The van der Waals surface area contributed by atoms with E-state index in [9.17, 15) is 9.59 Å². The molecule has 0 aliphatic carbocycles. The maximum absolute atomic E-state index is 12.0. The number of aryl methyl sites for hydroxylation is 4. The largest absolute Gasteiger partial charge is 0.478 e. The van der Waals surface area contributed by atoms with Crippen molar-refractivity contribution in [2.75, 3.05) is 5.32 Å².